The first-order chi connectivity index (χ1) is 11.7. The normalized spacial score (nSPS) is 16.8. The fourth-order valence-corrected chi connectivity index (χ4v) is 3.07. The van der Waals surface area contributed by atoms with Crippen molar-refractivity contribution in [1.29, 1.82) is 0 Å². The van der Waals surface area contributed by atoms with Crippen LogP contribution in [-0.4, -0.2) is 27.1 Å². The minimum atomic E-state index is -0.477. The van der Waals surface area contributed by atoms with Crippen LogP contribution in [-0.2, 0) is 9.53 Å². The standard InChI is InChI=1S/C17H16N4O3/c1-3-23-16(22)14-10(2)19-17-20-11-6-4-5-7-12(11)21(17)15(14)13-8-18-9-24-13/h4-9,15H,3H2,1-2H3,(H,19,20). The van der Waals surface area contributed by atoms with Crippen LogP contribution in [0.25, 0.3) is 11.0 Å². The van der Waals surface area contributed by atoms with Crippen molar-refractivity contribution in [2.24, 2.45) is 0 Å². The first kappa shape index (κ1) is 14.5. The van der Waals surface area contributed by atoms with Crippen LogP contribution in [0.2, 0.25) is 0 Å². The molecular formula is C17H16N4O3. The molecule has 1 atom stereocenters. The van der Waals surface area contributed by atoms with Gasteiger partial charge in [0.1, 0.15) is 6.04 Å². The van der Waals surface area contributed by atoms with Crippen LogP contribution in [0.5, 0.6) is 0 Å². The van der Waals surface area contributed by atoms with Gasteiger partial charge in [-0.1, -0.05) is 12.1 Å². The number of esters is 1. The highest BCUT2D eigenvalue weighted by Gasteiger charge is 2.36. The van der Waals surface area contributed by atoms with Crippen molar-refractivity contribution < 1.29 is 13.9 Å². The Morgan fingerprint density at radius 2 is 2.25 bits per heavy atom. The number of hydrogen-bond acceptors (Lipinski definition) is 6. The van der Waals surface area contributed by atoms with Crippen LogP contribution < -0.4 is 5.32 Å². The number of benzene rings is 1. The minimum absolute atomic E-state index is 0.302. The largest absolute Gasteiger partial charge is 0.463 e. The number of imidazole rings is 1. The van der Waals surface area contributed by atoms with Crippen LogP contribution >= 0.6 is 0 Å². The number of rotatable bonds is 3. The third-order valence-electron chi connectivity index (χ3n) is 4.05. The van der Waals surface area contributed by atoms with Crippen LogP contribution in [0.1, 0.15) is 25.6 Å². The monoisotopic (exact) mass is 324 g/mol. The molecule has 1 aliphatic rings. The van der Waals surface area contributed by atoms with Gasteiger partial charge in [-0.3, -0.25) is 4.57 Å². The quantitative estimate of drug-likeness (QED) is 0.746. The summed E-state index contributed by atoms with van der Waals surface area (Å²) >= 11 is 0. The number of carbonyl (C=O) groups excluding carboxylic acids is 1. The Morgan fingerprint density at radius 3 is 3.00 bits per heavy atom. The number of para-hydroxylation sites is 2. The lowest BCUT2D eigenvalue weighted by molar-refractivity contribution is -0.139. The molecule has 7 heteroatoms. The highest BCUT2D eigenvalue weighted by atomic mass is 16.5. The van der Waals surface area contributed by atoms with Crippen molar-refractivity contribution in [1.82, 2.24) is 14.5 Å². The molecule has 0 amide bonds. The number of nitrogens with one attached hydrogen (secondary N) is 1. The summed E-state index contributed by atoms with van der Waals surface area (Å²) < 4.78 is 12.7. The molecule has 122 valence electrons. The Bertz CT molecular complexity index is 940. The second kappa shape index (κ2) is 5.52. The topological polar surface area (TPSA) is 82.2 Å². The van der Waals surface area contributed by atoms with Crippen LogP contribution in [0.15, 0.2) is 52.5 Å². The van der Waals surface area contributed by atoms with Gasteiger partial charge in [0.25, 0.3) is 0 Å². The molecule has 0 fully saturated rings. The summed E-state index contributed by atoms with van der Waals surface area (Å²) in [6.07, 6.45) is 2.97. The highest BCUT2D eigenvalue weighted by Crippen LogP contribution is 2.39. The smallest absolute Gasteiger partial charge is 0.338 e. The van der Waals surface area contributed by atoms with Gasteiger partial charge in [-0.15, -0.1) is 0 Å². The average molecular weight is 324 g/mol. The lowest BCUT2D eigenvalue weighted by atomic mass is 10.0. The van der Waals surface area contributed by atoms with Crippen LogP contribution in [0.3, 0.4) is 0 Å². The zero-order chi connectivity index (χ0) is 16.7. The minimum Gasteiger partial charge on any atom is -0.463 e. The summed E-state index contributed by atoms with van der Waals surface area (Å²) in [5.74, 6) is 0.832. The highest BCUT2D eigenvalue weighted by molar-refractivity contribution is 5.93. The molecule has 24 heavy (non-hydrogen) atoms. The Kier molecular flexibility index (Phi) is 3.34. The average Bonchev–Trinajstić information content (AvgIpc) is 3.21. The number of ether oxygens (including phenoxy) is 1. The molecule has 1 N–H and O–H groups in total. The number of allylic oxidation sites excluding steroid dienone is 1. The molecule has 3 heterocycles. The van der Waals surface area contributed by atoms with Crippen molar-refractivity contribution in [2.75, 3.05) is 11.9 Å². The second-order valence-electron chi connectivity index (χ2n) is 5.48. The molecule has 0 saturated carbocycles. The maximum Gasteiger partial charge on any atom is 0.338 e. The van der Waals surface area contributed by atoms with E-state index in [9.17, 15) is 4.79 Å². The lowest BCUT2D eigenvalue weighted by Gasteiger charge is -2.28. The summed E-state index contributed by atoms with van der Waals surface area (Å²) in [4.78, 5) is 21.2. The van der Waals surface area contributed by atoms with Gasteiger partial charge >= 0.3 is 5.97 Å². The molecular weight excluding hydrogens is 308 g/mol. The van der Waals surface area contributed by atoms with E-state index in [4.69, 9.17) is 9.15 Å². The SMILES string of the molecule is CCOC(=O)C1=C(C)Nc2nc3ccccc3n2C1c1cnco1. The molecule has 1 aliphatic heterocycles. The fraction of sp³-hybridized carbons (Fsp3) is 0.235. The number of hydrogen-bond donors (Lipinski definition) is 1. The molecule has 4 rings (SSSR count). The van der Waals surface area contributed by atoms with Crippen molar-refractivity contribution in [3.8, 4) is 0 Å². The zero-order valence-corrected chi connectivity index (χ0v) is 13.3. The van der Waals surface area contributed by atoms with Crippen LogP contribution in [0, 0.1) is 0 Å². The molecule has 0 bridgehead atoms. The molecule has 1 aromatic carbocycles. The van der Waals surface area contributed by atoms with Crippen molar-refractivity contribution in [3.05, 3.63) is 53.9 Å². The number of anilines is 1. The van der Waals surface area contributed by atoms with Crippen molar-refractivity contribution in [3.63, 3.8) is 0 Å². The van der Waals surface area contributed by atoms with Gasteiger partial charge in [0.05, 0.1) is 29.4 Å². The van der Waals surface area contributed by atoms with Gasteiger partial charge in [-0.25, -0.2) is 14.8 Å². The summed E-state index contributed by atoms with van der Waals surface area (Å²) in [6, 6.07) is 7.27. The third-order valence-corrected chi connectivity index (χ3v) is 4.05. The number of nitrogens with zero attached hydrogens (tertiary/aromatic N) is 3. The second-order valence-corrected chi connectivity index (χ2v) is 5.48. The van der Waals surface area contributed by atoms with E-state index in [2.05, 4.69) is 15.3 Å². The van der Waals surface area contributed by atoms with E-state index >= 15 is 0 Å². The Balaban J connectivity index is 1.97. The van der Waals surface area contributed by atoms with E-state index in [1.165, 1.54) is 6.39 Å². The first-order valence-electron chi connectivity index (χ1n) is 7.71. The van der Waals surface area contributed by atoms with Crippen LogP contribution in [0.4, 0.5) is 5.95 Å². The molecule has 0 aliphatic carbocycles. The number of aromatic nitrogens is 3. The number of oxazole rings is 1. The molecule has 0 spiro atoms. The molecule has 2 aromatic heterocycles. The van der Waals surface area contributed by atoms with Crippen molar-refractivity contribution >= 4 is 23.0 Å². The third kappa shape index (κ3) is 2.09. The summed E-state index contributed by atoms with van der Waals surface area (Å²) in [6.45, 7) is 3.92. The fourth-order valence-electron chi connectivity index (χ4n) is 3.07. The first-order valence-corrected chi connectivity index (χ1v) is 7.71. The van der Waals surface area contributed by atoms with E-state index in [0.29, 0.717) is 29.6 Å². The Hall–Kier alpha value is -3.09. The molecule has 1 unspecified atom stereocenters. The molecule has 3 aromatic rings. The van der Waals surface area contributed by atoms with E-state index in [0.717, 1.165) is 11.0 Å². The van der Waals surface area contributed by atoms with Gasteiger partial charge in [0, 0.05) is 5.70 Å². The molecule has 0 radical (unpaired) electrons. The lowest BCUT2D eigenvalue weighted by Crippen LogP contribution is -2.28. The van der Waals surface area contributed by atoms with E-state index in [1.54, 1.807) is 13.1 Å². The maximum absolute atomic E-state index is 12.6. The van der Waals surface area contributed by atoms with Gasteiger partial charge in [-0.2, -0.15) is 0 Å². The summed E-state index contributed by atoms with van der Waals surface area (Å²) in [5.41, 5.74) is 2.92. The van der Waals surface area contributed by atoms with E-state index in [1.807, 2.05) is 35.8 Å². The van der Waals surface area contributed by atoms with E-state index in [-0.39, 0.29) is 5.97 Å². The molecule has 0 saturated heterocycles. The zero-order valence-electron chi connectivity index (χ0n) is 13.3. The maximum atomic E-state index is 12.6. The van der Waals surface area contributed by atoms with E-state index < -0.39 is 6.04 Å². The Labute approximate surface area is 138 Å². The van der Waals surface area contributed by atoms with Gasteiger partial charge < -0.3 is 14.5 Å². The van der Waals surface area contributed by atoms with Gasteiger partial charge in [0.2, 0.25) is 5.95 Å². The van der Waals surface area contributed by atoms with Gasteiger partial charge in [-0.05, 0) is 26.0 Å². The Morgan fingerprint density at radius 1 is 1.42 bits per heavy atom. The van der Waals surface area contributed by atoms with Gasteiger partial charge in [0.15, 0.2) is 12.2 Å². The summed E-state index contributed by atoms with van der Waals surface area (Å²) in [5, 5.41) is 3.20. The summed E-state index contributed by atoms with van der Waals surface area (Å²) in [7, 11) is 0. The predicted octanol–water partition coefficient (Wildman–Crippen LogP) is 2.88. The predicted molar refractivity (Wildman–Crippen MR) is 87.3 cm³/mol. The molecule has 7 nitrogen and oxygen atoms in total. The number of fused-ring (bicyclic) bond motifs is 3. The van der Waals surface area contributed by atoms with Crippen molar-refractivity contribution in [2.45, 2.75) is 19.9 Å². The number of carbonyl (C=O) groups is 1.